The summed E-state index contributed by atoms with van der Waals surface area (Å²) in [5, 5.41) is 8.83. The normalized spacial score (nSPS) is 10.0. The van der Waals surface area contributed by atoms with Crippen molar-refractivity contribution in [3.05, 3.63) is 63.6 Å². The molecule has 2 aromatic carbocycles. The van der Waals surface area contributed by atoms with Crippen LogP contribution in [0.4, 0.5) is 0 Å². The highest BCUT2D eigenvalue weighted by Crippen LogP contribution is 2.25. The first kappa shape index (κ1) is 16.6. The topological polar surface area (TPSA) is 50.1 Å². The van der Waals surface area contributed by atoms with Crippen molar-refractivity contribution >= 4 is 33.7 Å². The predicted molar refractivity (Wildman–Crippen MR) is 90.6 cm³/mol. The lowest BCUT2D eigenvalue weighted by Crippen LogP contribution is -2.07. The maximum Gasteiger partial charge on any atom is 0.316 e. The van der Waals surface area contributed by atoms with Gasteiger partial charge in [-0.25, -0.2) is 0 Å². The van der Waals surface area contributed by atoms with Crippen LogP contribution in [-0.4, -0.2) is 11.7 Å². The van der Waals surface area contributed by atoms with Gasteiger partial charge in [-0.15, -0.1) is 11.8 Å². The minimum Gasteiger partial charge on any atom is -0.460 e. The Morgan fingerprint density at radius 3 is 2.86 bits per heavy atom. The molecular weight excluding hydrogens is 362 g/mol. The van der Waals surface area contributed by atoms with Crippen molar-refractivity contribution in [2.45, 2.75) is 18.4 Å². The Balaban J connectivity index is 1.84. The van der Waals surface area contributed by atoms with Gasteiger partial charge < -0.3 is 4.74 Å². The number of ether oxygens (including phenoxy) is 1. The van der Waals surface area contributed by atoms with E-state index in [9.17, 15) is 4.79 Å². The molecule has 0 unspecified atom stereocenters. The fourth-order valence-electron chi connectivity index (χ4n) is 1.85. The van der Waals surface area contributed by atoms with Crippen LogP contribution in [0.2, 0.25) is 0 Å². The van der Waals surface area contributed by atoms with Crippen molar-refractivity contribution < 1.29 is 9.53 Å². The van der Waals surface area contributed by atoms with E-state index in [0.717, 1.165) is 20.5 Å². The second-order valence-electron chi connectivity index (χ2n) is 4.67. The van der Waals surface area contributed by atoms with Gasteiger partial charge in [0.05, 0.1) is 17.4 Å². The van der Waals surface area contributed by atoms with Crippen LogP contribution in [0.3, 0.4) is 0 Å². The molecule has 0 bridgehead atoms. The van der Waals surface area contributed by atoms with E-state index < -0.39 is 0 Å². The van der Waals surface area contributed by atoms with E-state index in [1.807, 2.05) is 31.2 Å². The number of thioether (sulfide) groups is 1. The van der Waals surface area contributed by atoms with Crippen molar-refractivity contribution in [1.82, 2.24) is 0 Å². The molecule has 0 aliphatic carbocycles. The van der Waals surface area contributed by atoms with Gasteiger partial charge in [0.25, 0.3) is 0 Å². The molecule has 22 heavy (non-hydrogen) atoms. The molecule has 5 heteroatoms. The summed E-state index contributed by atoms with van der Waals surface area (Å²) in [6.45, 7) is 2.19. The van der Waals surface area contributed by atoms with Gasteiger partial charge in [-0.3, -0.25) is 4.79 Å². The molecule has 0 saturated carbocycles. The molecule has 0 aliphatic rings. The molecule has 0 atom stereocenters. The summed E-state index contributed by atoms with van der Waals surface area (Å²) in [4.78, 5) is 12.9. The van der Waals surface area contributed by atoms with Gasteiger partial charge in [-0.2, -0.15) is 5.26 Å². The van der Waals surface area contributed by atoms with Crippen LogP contribution in [0.15, 0.2) is 51.8 Å². The van der Waals surface area contributed by atoms with Crippen molar-refractivity contribution in [3.63, 3.8) is 0 Å². The fraction of sp³-hybridized carbons (Fsp3) is 0.176. The highest BCUT2D eigenvalue weighted by Gasteiger charge is 2.07. The zero-order valence-electron chi connectivity index (χ0n) is 12.0. The number of nitrogens with zero attached hydrogens (tertiary/aromatic N) is 1. The van der Waals surface area contributed by atoms with Crippen molar-refractivity contribution in [3.8, 4) is 6.07 Å². The Labute approximate surface area is 142 Å². The second-order valence-corrected chi connectivity index (χ2v) is 6.60. The summed E-state index contributed by atoms with van der Waals surface area (Å²) in [5.74, 6) is -0.00452. The highest BCUT2D eigenvalue weighted by atomic mass is 79.9. The summed E-state index contributed by atoms with van der Waals surface area (Å²) in [6, 6.07) is 15.1. The van der Waals surface area contributed by atoms with Crippen LogP contribution in [0.5, 0.6) is 0 Å². The number of hydrogen-bond donors (Lipinski definition) is 0. The van der Waals surface area contributed by atoms with E-state index in [0.29, 0.717) is 5.56 Å². The van der Waals surface area contributed by atoms with Crippen LogP contribution in [-0.2, 0) is 16.1 Å². The fourth-order valence-corrected chi connectivity index (χ4v) is 3.13. The summed E-state index contributed by atoms with van der Waals surface area (Å²) in [6.07, 6.45) is 0. The molecule has 3 nitrogen and oxygen atoms in total. The summed E-state index contributed by atoms with van der Waals surface area (Å²) in [7, 11) is 0. The van der Waals surface area contributed by atoms with Crippen molar-refractivity contribution in [1.29, 1.82) is 5.26 Å². The van der Waals surface area contributed by atoms with Crippen LogP contribution in [0.25, 0.3) is 0 Å². The molecule has 0 spiro atoms. The van der Waals surface area contributed by atoms with E-state index in [-0.39, 0.29) is 18.3 Å². The monoisotopic (exact) mass is 375 g/mol. The van der Waals surface area contributed by atoms with E-state index >= 15 is 0 Å². The minimum atomic E-state index is -0.269. The second kappa shape index (κ2) is 8.02. The summed E-state index contributed by atoms with van der Waals surface area (Å²) in [5.41, 5.74) is 2.50. The van der Waals surface area contributed by atoms with Gasteiger partial charge in [0.15, 0.2) is 0 Å². The minimum absolute atomic E-state index is 0.189. The molecule has 2 rings (SSSR count). The highest BCUT2D eigenvalue weighted by molar-refractivity contribution is 9.10. The number of benzene rings is 2. The van der Waals surface area contributed by atoms with Crippen LogP contribution < -0.4 is 0 Å². The van der Waals surface area contributed by atoms with Crippen LogP contribution in [0.1, 0.15) is 16.7 Å². The molecule has 0 aromatic heterocycles. The number of rotatable bonds is 5. The average molecular weight is 376 g/mol. The smallest absolute Gasteiger partial charge is 0.316 e. The number of carbonyl (C=O) groups excluding carboxylic acids is 1. The Morgan fingerprint density at radius 1 is 1.32 bits per heavy atom. The maximum absolute atomic E-state index is 11.8. The van der Waals surface area contributed by atoms with E-state index in [2.05, 4.69) is 22.0 Å². The van der Waals surface area contributed by atoms with E-state index in [1.54, 1.807) is 18.2 Å². The Kier molecular flexibility index (Phi) is 6.05. The molecule has 2 aromatic rings. The number of hydrogen-bond acceptors (Lipinski definition) is 4. The largest absolute Gasteiger partial charge is 0.460 e. The van der Waals surface area contributed by atoms with Crippen LogP contribution >= 0.6 is 27.7 Å². The molecule has 112 valence electrons. The van der Waals surface area contributed by atoms with Gasteiger partial charge >= 0.3 is 5.97 Å². The maximum atomic E-state index is 11.8. The zero-order chi connectivity index (χ0) is 15.9. The Bertz CT molecular complexity index is 725. The molecular formula is C17H14BrNO2S. The first-order chi connectivity index (χ1) is 10.6. The Morgan fingerprint density at radius 2 is 2.14 bits per heavy atom. The first-order valence-corrected chi connectivity index (χ1v) is 8.40. The van der Waals surface area contributed by atoms with Gasteiger partial charge in [0, 0.05) is 9.37 Å². The van der Waals surface area contributed by atoms with Gasteiger partial charge in [-0.1, -0.05) is 28.1 Å². The summed E-state index contributed by atoms with van der Waals surface area (Å²) < 4.78 is 6.26. The average Bonchev–Trinajstić information content (AvgIpc) is 2.52. The van der Waals surface area contributed by atoms with Gasteiger partial charge in [-0.05, 0) is 48.4 Å². The first-order valence-electron chi connectivity index (χ1n) is 6.62. The number of aryl methyl sites for hydroxylation is 1. The number of nitriles is 1. The SMILES string of the molecule is Cc1cc(Br)ccc1SCC(=O)OCc1cccc(C#N)c1. The number of halogens is 1. The van der Waals surface area contributed by atoms with Crippen molar-refractivity contribution in [2.75, 3.05) is 5.75 Å². The molecule has 0 heterocycles. The molecule has 0 saturated heterocycles. The molecule has 0 aliphatic heterocycles. The Hall–Kier alpha value is -1.77. The lowest BCUT2D eigenvalue weighted by Gasteiger charge is -2.07. The number of carbonyl (C=O) groups is 1. The standard InChI is InChI=1S/C17H14BrNO2S/c1-12-7-15(18)5-6-16(12)22-11-17(20)21-10-14-4-2-3-13(8-14)9-19/h2-8H,10-11H2,1H3. The van der Waals surface area contributed by atoms with Gasteiger partial charge in [0.1, 0.15) is 6.61 Å². The van der Waals surface area contributed by atoms with E-state index in [1.165, 1.54) is 11.8 Å². The van der Waals surface area contributed by atoms with Crippen molar-refractivity contribution in [2.24, 2.45) is 0 Å². The lowest BCUT2D eigenvalue weighted by atomic mass is 10.1. The third kappa shape index (κ3) is 4.90. The molecule has 0 radical (unpaired) electrons. The molecule has 0 N–H and O–H groups in total. The third-order valence-corrected chi connectivity index (χ3v) is 4.58. The third-order valence-electron chi connectivity index (χ3n) is 2.94. The quantitative estimate of drug-likeness (QED) is 0.571. The molecule has 0 amide bonds. The zero-order valence-corrected chi connectivity index (χ0v) is 14.4. The van der Waals surface area contributed by atoms with Crippen LogP contribution in [0, 0.1) is 18.3 Å². The van der Waals surface area contributed by atoms with E-state index in [4.69, 9.17) is 10.00 Å². The lowest BCUT2D eigenvalue weighted by molar-refractivity contribution is -0.141. The number of esters is 1. The predicted octanol–water partition coefficient (Wildman–Crippen LogP) is 4.46. The summed E-state index contributed by atoms with van der Waals surface area (Å²) >= 11 is 4.87. The molecule has 0 fully saturated rings. The van der Waals surface area contributed by atoms with Gasteiger partial charge in [0.2, 0.25) is 0 Å².